The summed E-state index contributed by atoms with van der Waals surface area (Å²) in [5.74, 6) is 0. The second kappa shape index (κ2) is 10.9. The summed E-state index contributed by atoms with van der Waals surface area (Å²) in [6.45, 7) is 12.6. The molecule has 0 heterocycles. The number of nitrogens with one attached hydrogen (secondary N) is 1. The number of hydrogen-bond donors (Lipinski definition) is 2. The van der Waals surface area contributed by atoms with Crippen molar-refractivity contribution in [3.05, 3.63) is 33.3 Å². The van der Waals surface area contributed by atoms with E-state index < -0.39 is 6.10 Å². The van der Waals surface area contributed by atoms with Crippen molar-refractivity contribution in [1.82, 2.24) is 5.32 Å². The zero-order valence-corrected chi connectivity index (χ0v) is 19.1. The van der Waals surface area contributed by atoms with Gasteiger partial charge in [-0.2, -0.15) is 0 Å². The summed E-state index contributed by atoms with van der Waals surface area (Å²) < 4.78 is 0. The van der Waals surface area contributed by atoms with Gasteiger partial charge in [0.25, 0.3) is 0 Å². The van der Waals surface area contributed by atoms with Crippen LogP contribution in [0.15, 0.2) is 12.1 Å². The van der Waals surface area contributed by atoms with E-state index in [0.717, 1.165) is 12.1 Å². The van der Waals surface area contributed by atoms with Gasteiger partial charge in [0.1, 0.15) is 0 Å². The minimum Gasteiger partial charge on any atom is -0.387 e. The number of benzene rings is 1. The third-order valence-corrected chi connectivity index (χ3v) is 9.37. The molecule has 2 N–H and O–H groups in total. The molecule has 0 amide bonds. The average Bonchev–Trinajstić information content (AvgIpc) is 3.26. The quantitative estimate of drug-likeness (QED) is 0.521. The fourth-order valence-electron chi connectivity index (χ4n) is 2.90. The van der Waals surface area contributed by atoms with Gasteiger partial charge in [0.05, 0.1) is 6.10 Å². The lowest BCUT2D eigenvalue weighted by Crippen LogP contribution is -2.27. The van der Waals surface area contributed by atoms with Crippen molar-refractivity contribution >= 4 is 32.0 Å². The van der Waals surface area contributed by atoms with Gasteiger partial charge >= 0.3 is 0 Å². The Labute approximate surface area is 165 Å². The molecule has 1 fully saturated rings. The highest BCUT2D eigenvalue weighted by atomic mass is 35.5. The molecule has 2 nitrogen and oxygen atoms in total. The summed E-state index contributed by atoms with van der Waals surface area (Å²) >= 11 is 12.3. The van der Waals surface area contributed by atoms with Crippen LogP contribution in [0.3, 0.4) is 0 Å². The summed E-state index contributed by atoms with van der Waals surface area (Å²) in [5.41, 5.74) is 2.05. The summed E-state index contributed by atoms with van der Waals surface area (Å²) in [7, 11) is -0.171. The molecule has 5 heteroatoms. The van der Waals surface area contributed by atoms with Crippen molar-refractivity contribution in [2.24, 2.45) is 5.41 Å². The lowest BCUT2D eigenvalue weighted by atomic mass is 10.1. The smallest absolute Gasteiger partial charge is 0.0943 e. The van der Waals surface area contributed by atoms with Crippen molar-refractivity contribution in [3.63, 3.8) is 0 Å². The first-order valence-electron chi connectivity index (χ1n) is 9.60. The highest BCUT2D eigenvalue weighted by Gasteiger charge is 2.36. The van der Waals surface area contributed by atoms with Crippen LogP contribution in [-0.4, -0.2) is 27.0 Å². The minimum absolute atomic E-state index is 0.171. The Morgan fingerprint density at radius 3 is 1.96 bits per heavy atom. The van der Waals surface area contributed by atoms with Gasteiger partial charge in [-0.15, -0.1) is 0 Å². The SMILES string of the molecule is CC[SiH](CC)CC.Cc1cc(Cl)c(C(O)CNCC2(C)CC2)c(Cl)c1. The van der Waals surface area contributed by atoms with Crippen LogP contribution < -0.4 is 5.32 Å². The highest BCUT2D eigenvalue weighted by molar-refractivity contribution is 6.58. The highest BCUT2D eigenvalue weighted by Crippen LogP contribution is 2.44. The topological polar surface area (TPSA) is 32.3 Å². The largest absolute Gasteiger partial charge is 0.387 e. The number of aliphatic hydroxyl groups is 1. The molecule has 0 spiro atoms. The van der Waals surface area contributed by atoms with E-state index in [1.54, 1.807) is 0 Å². The van der Waals surface area contributed by atoms with Gasteiger partial charge in [-0.05, 0) is 42.9 Å². The van der Waals surface area contributed by atoms with E-state index in [0.29, 0.717) is 27.6 Å². The molecule has 1 aliphatic carbocycles. The van der Waals surface area contributed by atoms with Crippen LogP contribution in [0.2, 0.25) is 28.2 Å². The van der Waals surface area contributed by atoms with Crippen molar-refractivity contribution < 1.29 is 5.11 Å². The van der Waals surface area contributed by atoms with Crippen LogP contribution in [0.5, 0.6) is 0 Å². The first-order chi connectivity index (χ1) is 11.8. The third kappa shape index (κ3) is 8.00. The van der Waals surface area contributed by atoms with Crippen LogP contribution in [0.25, 0.3) is 0 Å². The minimum atomic E-state index is -0.659. The zero-order valence-electron chi connectivity index (χ0n) is 16.5. The molecule has 144 valence electrons. The van der Waals surface area contributed by atoms with Crippen molar-refractivity contribution in [1.29, 1.82) is 0 Å². The van der Waals surface area contributed by atoms with Crippen molar-refractivity contribution in [2.45, 2.75) is 71.7 Å². The first kappa shape index (κ1) is 23.0. The predicted octanol–water partition coefficient (Wildman–Crippen LogP) is 6.00. The molecule has 25 heavy (non-hydrogen) atoms. The number of halogens is 2. The van der Waals surface area contributed by atoms with E-state index >= 15 is 0 Å². The molecule has 0 aromatic heterocycles. The van der Waals surface area contributed by atoms with E-state index in [9.17, 15) is 5.11 Å². The Kier molecular flexibility index (Phi) is 10.0. The van der Waals surface area contributed by atoms with Gasteiger partial charge in [0.2, 0.25) is 0 Å². The van der Waals surface area contributed by atoms with E-state index in [2.05, 4.69) is 33.0 Å². The number of rotatable bonds is 8. The Morgan fingerprint density at radius 2 is 1.60 bits per heavy atom. The summed E-state index contributed by atoms with van der Waals surface area (Å²) in [6, 6.07) is 8.13. The van der Waals surface area contributed by atoms with Crippen LogP contribution in [0.4, 0.5) is 0 Å². The lowest BCUT2D eigenvalue weighted by Gasteiger charge is -2.17. The molecular formula is C20H35Cl2NOSi. The fraction of sp³-hybridized carbons (Fsp3) is 0.700. The molecule has 0 bridgehead atoms. The van der Waals surface area contributed by atoms with Crippen LogP contribution in [0, 0.1) is 12.3 Å². The second-order valence-electron chi connectivity index (χ2n) is 7.69. The Balaban J connectivity index is 0.000000381. The van der Waals surface area contributed by atoms with Gasteiger partial charge in [0, 0.05) is 37.5 Å². The third-order valence-electron chi connectivity index (χ3n) is 5.28. The van der Waals surface area contributed by atoms with Crippen LogP contribution in [0.1, 0.15) is 57.8 Å². The van der Waals surface area contributed by atoms with Crippen LogP contribution in [-0.2, 0) is 0 Å². The standard InChI is InChI=1S/C14H19Cl2NO.C6H16Si/c1-9-5-10(15)13(11(16)6-9)12(18)7-17-8-14(2)3-4-14;1-4-7(5-2)6-3/h5-6,12,17-18H,3-4,7-8H2,1-2H3;7H,4-6H2,1-3H3. The number of aryl methyl sites for hydroxylation is 1. The molecule has 1 atom stereocenters. The maximum Gasteiger partial charge on any atom is 0.0943 e. The molecule has 0 saturated heterocycles. The average molecular weight is 404 g/mol. The van der Waals surface area contributed by atoms with Crippen molar-refractivity contribution in [2.75, 3.05) is 13.1 Å². The number of aliphatic hydroxyl groups excluding tert-OH is 1. The molecule has 1 aliphatic rings. The Morgan fingerprint density at radius 1 is 1.12 bits per heavy atom. The molecule has 1 unspecified atom stereocenters. The van der Waals surface area contributed by atoms with Crippen molar-refractivity contribution in [3.8, 4) is 0 Å². The fourth-order valence-corrected chi connectivity index (χ4v) is 5.48. The van der Waals surface area contributed by atoms with Gasteiger partial charge in [-0.1, -0.05) is 69.0 Å². The summed E-state index contributed by atoms with van der Waals surface area (Å²) in [5, 5.41) is 14.5. The summed E-state index contributed by atoms with van der Waals surface area (Å²) in [6.07, 6.45) is 1.87. The van der Waals surface area contributed by atoms with Gasteiger partial charge in [-0.25, -0.2) is 0 Å². The molecule has 0 aliphatic heterocycles. The molecule has 1 aromatic carbocycles. The number of hydrogen-bond acceptors (Lipinski definition) is 2. The molecule has 1 aromatic rings. The maximum atomic E-state index is 10.2. The lowest BCUT2D eigenvalue weighted by molar-refractivity contribution is 0.172. The van der Waals surface area contributed by atoms with E-state index in [-0.39, 0.29) is 8.80 Å². The second-order valence-corrected chi connectivity index (χ2v) is 12.7. The maximum absolute atomic E-state index is 10.2. The Hall–Kier alpha value is -0.0631. The van der Waals surface area contributed by atoms with Gasteiger partial charge in [0.15, 0.2) is 0 Å². The van der Waals surface area contributed by atoms with E-state index in [4.69, 9.17) is 23.2 Å². The van der Waals surface area contributed by atoms with E-state index in [1.807, 2.05) is 19.1 Å². The van der Waals surface area contributed by atoms with Gasteiger partial charge < -0.3 is 10.4 Å². The van der Waals surface area contributed by atoms with Crippen LogP contribution >= 0.6 is 23.2 Å². The molecule has 0 radical (unpaired) electrons. The predicted molar refractivity (Wildman–Crippen MR) is 115 cm³/mol. The molecule has 2 rings (SSSR count). The first-order valence-corrected chi connectivity index (χ1v) is 12.8. The van der Waals surface area contributed by atoms with E-state index in [1.165, 1.54) is 31.0 Å². The normalized spacial score (nSPS) is 16.4. The Bertz CT molecular complexity index is 502. The zero-order chi connectivity index (χ0) is 19.0. The molecule has 1 saturated carbocycles. The summed E-state index contributed by atoms with van der Waals surface area (Å²) in [4.78, 5) is 0. The molecular weight excluding hydrogens is 369 g/mol. The monoisotopic (exact) mass is 403 g/mol. The van der Waals surface area contributed by atoms with Gasteiger partial charge in [-0.3, -0.25) is 0 Å².